The predicted octanol–water partition coefficient (Wildman–Crippen LogP) is 2.74. The van der Waals surface area contributed by atoms with Gasteiger partial charge in [-0.05, 0) is 30.7 Å². The van der Waals surface area contributed by atoms with Crippen molar-refractivity contribution in [3.8, 4) is 0 Å². The van der Waals surface area contributed by atoms with Crippen LogP contribution >= 0.6 is 11.6 Å². The summed E-state index contributed by atoms with van der Waals surface area (Å²) in [7, 11) is 0. The van der Waals surface area contributed by atoms with Crippen LogP contribution in [0.3, 0.4) is 0 Å². The molecule has 1 aromatic carbocycles. The number of hydrogen-bond acceptors (Lipinski definition) is 1. The van der Waals surface area contributed by atoms with Gasteiger partial charge in [0.1, 0.15) is 0 Å². The summed E-state index contributed by atoms with van der Waals surface area (Å²) in [6, 6.07) is 4.95. The average molecular weight is 186 g/mol. The van der Waals surface area contributed by atoms with E-state index in [2.05, 4.69) is 5.32 Å². The van der Waals surface area contributed by atoms with Crippen LogP contribution in [0.1, 0.15) is 5.56 Å². The van der Waals surface area contributed by atoms with E-state index in [1.54, 1.807) is 18.2 Å². The van der Waals surface area contributed by atoms with Crippen molar-refractivity contribution in [2.24, 2.45) is 0 Å². The van der Waals surface area contributed by atoms with E-state index in [1.165, 1.54) is 0 Å². The van der Waals surface area contributed by atoms with Crippen LogP contribution < -0.4 is 5.32 Å². The standard InChI is InChI=1S/C8H8ClNO2/c1-5-4-6(10-8(11)12)2-3-7(5)9/h2-4,10H,1H3,(H,11,12). The second kappa shape index (κ2) is 3.45. The zero-order valence-electron chi connectivity index (χ0n) is 6.47. The molecular weight excluding hydrogens is 178 g/mol. The Morgan fingerprint density at radius 3 is 2.75 bits per heavy atom. The first-order valence-electron chi connectivity index (χ1n) is 3.35. The molecule has 0 saturated heterocycles. The van der Waals surface area contributed by atoms with Crippen LogP contribution in [-0.2, 0) is 0 Å². The molecule has 0 spiro atoms. The molecule has 0 aromatic heterocycles. The third-order valence-corrected chi connectivity index (χ3v) is 1.83. The molecule has 64 valence electrons. The molecule has 0 aliphatic rings. The molecule has 0 radical (unpaired) electrons. The Morgan fingerprint density at radius 1 is 1.58 bits per heavy atom. The lowest BCUT2D eigenvalue weighted by Gasteiger charge is -2.02. The van der Waals surface area contributed by atoms with Gasteiger partial charge in [-0.3, -0.25) is 5.32 Å². The van der Waals surface area contributed by atoms with Gasteiger partial charge in [-0.15, -0.1) is 0 Å². The lowest BCUT2D eigenvalue weighted by molar-refractivity contribution is 0.210. The Hall–Kier alpha value is -1.22. The zero-order valence-corrected chi connectivity index (χ0v) is 7.22. The molecule has 0 aliphatic heterocycles. The molecule has 1 aromatic rings. The van der Waals surface area contributed by atoms with Crippen molar-refractivity contribution in [3.63, 3.8) is 0 Å². The Morgan fingerprint density at radius 2 is 2.25 bits per heavy atom. The molecule has 0 aliphatic carbocycles. The fraction of sp³-hybridized carbons (Fsp3) is 0.125. The van der Waals surface area contributed by atoms with Crippen LogP contribution in [0.5, 0.6) is 0 Å². The van der Waals surface area contributed by atoms with Crippen LogP contribution in [0, 0.1) is 6.92 Å². The summed E-state index contributed by atoms with van der Waals surface area (Å²) in [5, 5.41) is 11.2. The van der Waals surface area contributed by atoms with E-state index in [-0.39, 0.29) is 0 Å². The minimum atomic E-state index is -1.07. The maximum absolute atomic E-state index is 10.2. The van der Waals surface area contributed by atoms with E-state index in [0.29, 0.717) is 10.7 Å². The van der Waals surface area contributed by atoms with Crippen molar-refractivity contribution in [1.29, 1.82) is 0 Å². The number of hydrogen-bond donors (Lipinski definition) is 2. The number of amides is 1. The van der Waals surface area contributed by atoms with Crippen molar-refractivity contribution >= 4 is 23.4 Å². The molecule has 0 unspecified atom stereocenters. The smallest absolute Gasteiger partial charge is 0.409 e. The number of benzene rings is 1. The number of nitrogens with one attached hydrogen (secondary N) is 1. The summed E-state index contributed by atoms with van der Waals surface area (Å²) >= 11 is 5.74. The molecule has 4 heteroatoms. The Labute approximate surface area is 75.0 Å². The van der Waals surface area contributed by atoms with Gasteiger partial charge in [0.05, 0.1) is 0 Å². The highest BCUT2D eigenvalue weighted by molar-refractivity contribution is 6.31. The Kier molecular flexibility index (Phi) is 2.55. The summed E-state index contributed by atoms with van der Waals surface area (Å²) in [6.07, 6.45) is -1.07. The first kappa shape index (κ1) is 8.87. The van der Waals surface area contributed by atoms with Crippen molar-refractivity contribution in [3.05, 3.63) is 28.8 Å². The summed E-state index contributed by atoms with van der Waals surface area (Å²) < 4.78 is 0. The zero-order chi connectivity index (χ0) is 9.14. The molecule has 0 bridgehead atoms. The maximum atomic E-state index is 10.2. The molecule has 3 nitrogen and oxygen atoms in total. The minimum Gasteiger partial charge on any atom is -0.465 e. The van der Waals surface area contributed by atoms with E-state index in [0.717, 1.165) is 5.56 Å². The van der Waals surface area contributed by atoms with Gasteiger partial charge in [0, 0.05) is 10.7 Å². The molecule has 0 saturated carbocycles. The maximum Gasteiger partial charge on any atom is 0.409 e. The van der Waals surface area contributed by atoms with Crippen LogP contribution in [0.25, 0.3) is 0 Å². The first-order valence-corrected chi connectivity index (χ1v) is 3.73. The summed E-state index contributed by atoms with van der Waals surface area (Å²) in [6.45, 7) is 1.81. The summed E-state index contributed by atoms with van der Waals surface area (Å²) in [5.41, 5.74) is 1.38. The van der Waals surface area contributed by atoms with E-state index in [9.17, 15) is 4.79 Å². The average Bonchev–Trinajstić information content (AvgIpc) is 1.96. The fourth-order valence-corrected chi connectivity index (χ4v) is 0.963. The van der Waals surface area contributed by atoms with Crippen LogP contribution in [-0.4, -0.2) is 11.2 Å². The molecule has 1 rings (SSSR count). The van der Waals surface area contributed by atoms with Gasteiger partial charge in [0.2, 0.25) is 0 Å². The van der Waals surface area contributed by atoms with Gasteiger partial charge in [-0.1, -0.05) is 11.6 Å². The van der Waals surface area contributed by atoms with Crippen LogP contribution in [0.15, 0.2) is 18.2 Å². The van der Waals surface area contributed by atoms with E-state index in [1.807, 2.05) is 6.92 Å². The SMILES string of the molecule is Cc1cc(NC(=O)O)ccc1Cl. The van der Waals surface area contributed by atoms with Gasteiger partial charge in [0.15, 0.2) is 0 Å². The van der Waals surface area contributed by atoms with Crippen molar-refractivity contribution in [2.75, 3.05) is 5.32 Å². The quantitative estimate of drug-likeness (QED) is 0.707. The molecule has 0 heterocycles. The molecular formula is C8H8ClNO2. The number of halogens is 1. The topological polar surface area (TPSA) is 49.3 Å². The highest BCUT2D eigenvalue weighted by atomic mass is 35.5. The second-order valence-corrected chi connectivity index (χ2v) is 2.80. The van der Waals surface area contributed by atoms with Crippen molar-refractivity contribution in [2.45, 2.75) is 6.92 Å². The normalized spacial score (nSPS) is 9.50. The minimum absolute atomic E-state index is 0.532. The van der Waals surface area contributed by atoms with Gasteiger partial charge < -0.3 is 5.11 Å². The largest absolute Gasteiger partial charge is 0.465 e. The van der Waals surface area contributed by atoms with Crippen LogP contribution in [0.2, 0.25) is 5.02 Å². The molecule has 2 N–H and O–H groups in total. The highest BCUT2D eigenvalue weighted by Crippen LogP contribution is 2.18. The summed E-state index contributed by atoms with van der Waals surface area (Å²) in [5.74, 6) is 0. The van der Waals surface area contributed by atoms with Crippen molar-refractivity contribution < 1.29 is 9.90 Å². The first-order chi connectivity index (χ1) is 5.59. The van der Waals surface area contributed by atoms with Crippen molar-refractivity contribution in [1.82, 2.24) is 0 Å². The van der Waals surface area contributed by atoms with E-state index < -0.39 is 6.09 Å². The molecule has 12 heavy (non-hydrogen) atoms. The predicted molar refractivity (Wildman–Crippen MR) is 47.8 cm³/mol. The van der Waals surface area contributed by atoms with Gasteiger partial charge in [0.25, 0.3) is 0 Å². The van der Waals surface area contributed by atoms with Gasteiger partial charge in [-0.2, -0.15) is 0 Å². The van der Waals surface area contributed by atoms with E-state index in [4.69, 9.17) is 16.7 Å². The fourth-order valence-electron chi connectivity index (χ4n) is 0.846. The third-order valence-electron chi connectivity index (χ3n) is 1.41. The van der Waals surface area contributed by atoms with Gasteiger partial charge >= 0.3 is 6.09 Å². The Balaban J connectivity index is 2.89. The summed E-state index contributed by atoms with van der Waals surface area (Å²) in [4.78, 5) is 10.2. The Bertz CT molecular complexity index is 312. The number of anilines is 1. The number of rotatable bonds is 1. The molecule has 0 atom stereocenters. The number of aryl methyl sites for hydroxylation is 1. The van der Waals surface area contributed by atoms with Crippen LogP contribution in [0.4, 0.5) is 10.5 Å². The number of carbonyl (C=O) groups is 1. The third kappa shape index (κ3) is 2.13. The lowest BCUT2D eigenvalue weighted by atomic mass is 10.2. The lowest BCUT2D eigenvalue weighted by Crippen LogP contribution is -2.06. The van der Waals surface area contributed by atoms with Gasteiger partial charge in [-0.25, -0.2) is 4.79 Å². The number of carboxylic acid groups (broad SMARTS) is 1. The molecule has 0 fully saturated rings. The molecule has 1 amide bonds. The monoisotopic (exact) mass is 185 g/mol. The second-order valence-electron chi connectivity index (χ2n) is 2.39. The highest BCUT2D eigenvalue weighted by Gasteiger charge is 1.99. The van der Waals surface area contributed by atoms with E-state index >= 15 is 0 Å².